The molecule has 94 valence electrons. The average Bonchev–Trinajstić information content (AvgIpc) is 2.32. The topological polar surface area (TPSA) is 42.2 Å². The number of rotatable bonds is 3. The second-order valence-corrected chi connectivity index (χ2v) is 4.78. The maximum atomic E-state index is 5.91. The molecule has 18 heavy (non-hydrogen) atoms. The number of benzene rings is 1. The first-order valence-electron chi connectivity index (χ1n) is 5.75. The van der Waals surface area contributed by atoms with Gasteiger partial charge in [0.1, 0.15) is 5.15 Å². The molecule has 1 aromatic carbocycles. The van der Waals surface area contributed by atoms with Crippen molar-refractivity contribution < 1.29 is 0 Å². The van der Waals surface area contributed by atoms with Crippen LogP contribution in [-0.4, -0.2) is 12.0 Å². The quantitative estimate of drug-likeness (QED) is 0.863. The molecule has 4 heteroatoms. The summed E-state index contributed by atoms with van der Waals surface area (Å²) in [5.41, 5.74) is 9.01. The molecule has 0 aliphatic rings. The molecule has 0 unspecified atom stereocenters. The van der Waals surface area contributed by atoms with Crippen LogP contribution < -0.4 is 10.6 Å². The fourth-order valence-corrected chi connectivity index (χ4v) is 2.04. The van der Waals surface area contributed by atoms with Crippen molar-refractivity contribution in [2.24, 2.45) is 0 Å². The summed E-state index contributed by atoms with van der Waals surface area (Å²) < 4.78 is 0. The highest BCUT2D eigenvalue weighted by atomic mass is 35.5. The Kier molecular flexibility index (Phi) is 3.72. The van der Waals surface area contributed by atoms with Crippen molar-refractivity contribution >= 4 is 23.1 Å². The molecular weight excluding hydrogens is 246 g/mol. The molecule has 0 amide bonds. The second-order valence-electron chi connectivity index (χ2n) is 4.39. The first-order chi connectivity index (χ1) is 8.56. The van der Waals surface area contributed by atoms with E-state index in [0.717, 1.165) is 6.54 Å². The smallest absolute Gasteiger partial charge is 0.153 e. The van der Waals surface area contributed by atoms with Crippen molar-refractivity contribution in [3.63, 3.8) is 0 Å². The molecule has 2 N–H and O–H groups in total. The van der Waals surface area contributed by atoms with Crippen molar-refractivity contribution in [3.8, 4) is 0 Å². The highest BCUT2D eigenvalue weighted by Gasteiger charge is 2.08. The predicted octanol–water partition coefficient (Wildman–Crippen LogP) is 3.26. The number of aromatic nitrogens is 1. The van der Waals surface area contributed by atoms with Crippen molar-refractivity contribution in [1.82, 2.24) is 4.98 Å². The number of aryl methyl sites for hydroxylation is 1. The van der Waals surface area contributed by atoms with Crippen LogP contribution in [0.25, 0.3) is 0 Å². The van der Waals surface area contributed by atoms with E-state index in [9.17, 15) is 0 Å². The molecule has 0 saturated carbocycles. The maximum Gasteiger partial charge on any atom is 0.153 e. The number of halogens is 1. The van der Waals surface area contributed by atoms with E-state index in [4.69, 9.17) is 17.3 Å². The molecule has 2 aromatic rings. The third kappa shape index (κ3) is 2.93. The molecule has 0 atom stereocenters. The predicted molar refractivity (Wildman–Crippen MR) is 76.9 cm³/mol. The minimum atomic E-state index is 0.454. The number of hydrogen-bond acceptors (Lipinski definition) is 3. The van der Waals surface area contributed by atoms with Crippen molar-refractivity contribution in [2.45, 2.75) is 13.5 Å². The lowest BCUT2D eigenvalue weighted by atomic mass is 10.1. The molecule has 0 aliphatic carbocycles. The Bertz CT molecular complexity index is 554. The number of pyridine rings is 1. The summed E-state index contributed by atoms with van der Waals surface area (Å²) in [6.45, 7) is 2.83. The van der Waals surface area contributed by atoms with Crippen molar-refractivity contribution in [2.75, 3.05) is 17.7 Å². The van der Waals surface area contributed by atoms with Gasteiger partial charge in [-0.1, -0.05) is 41.4 Å². The van der Waals surface area contributed by atoms with Crippen molar-refractivity contribution in [1.29, 1.82) is 0 Å². The highest BCUT2D eigenvalue weighted by molar-refractivity contribution is 6.29. The van der Waals surface area contributed by atoms with Crippen LogP contribution in [0.3, 0.4) is 0 Å². The summed E-state index contributed by atoms with van der Waals surface area (Å²) in [4.78, 5) is 6.25. The molecule has 0 aliphatic heterocycles. The Balaban J connectivity index is 2.21. The molecule has 0 spiro atoms. The standard InChI is InChI=1S/C14H16ClN3/c1-10-4-3-5-11(8-10)9-18(2)14-12(16)6-7-13(15)17-14/h3-8H,9,16H2,1-2H3. The van der Waals surface area contributed by atoms with Crippen LogP contribution in [-0.2, 0) is 6.54 Å². The molecule has 1 heterocycles. The normalized spacial score (nSPS) is 10.4. The van der Waals surface area contributed by atoms with Gasteiger partial charge in [0.15, 0.2) is 5.82 Å². The van der Waals surface area contributed by atoms with Gasteiger partial charge in [-0.15, -0.1) is 0 Å². The Morgan fingerprint density at radius 1 is 1.28 bits per heavy atom. The van der Waals surface area contributed by atoms with Gasteiger partial charge in [0.25, 0.3) is 0 Å². The van der Waals surface area contributed by atoms with E-state index in [2.05, 4.69) is 30.1 Å². The van der Waals surface area contributed by atoms with Crippen LogP contribution in [0.15, 0.2) is 36.4 Å². The minimum absolute atomic E-state index is 0.454. The van der Waals surface area contributed by atoms with Gasteiger partial charge in [-0.25, -0.2) is 4.98 Å². The SMILES string of the molecule is Cc1cccc(CN(C)c2nc(Cl)ccc2N)c1. The third-order valence-corrected chi connectivity index (χ3v) is 2.95. The Morgan fingerprint density at radius 2 is 2.06 bits per heavy atom. The number of nitrogen functional groups attached to an aromatic ring is 1. The van der Waals surface area contributed by atoms with Gasteiger partial charge >= 0.3 is 0 Å². The lowest BCUT2D eigenvalue weighted by molar-refractivity contribution is 0.899. The van der Waals surface area contributed by atoms with Crippen LogP contribution in [0.1, 0.15) is 11.1 Å². The van der Waals surface area contributed by atoms with Crippen LogP contribution in [0, 0.1) is 6.92 Å². The zero-order valence-electron chi connectivity index (χ0n) is 10.5. The maximum absolute atomic E-state index is 5.91. The molecule has 1 aromatic heterocycles. The Hall–Kier alpha value is -1.74. The monoisotopic (exact) mass is 261 g/mol. The van der Waals surface area contributed by atoms with Gasteiger partial charge in [-0.05, 0) is 24.6 Å². The average molecular weight is 262 g/mol. The van der Waals surface area contributed by atoms with Gasteiger partial charge < -0.3 is 10.6 Å². The summed E-state index contributed by atoms with van der Waals surface area (Å²) >= 11 is 5.90. The molecular formula is C14H16ClN3. The molecule has 3 nitrogen and oxygen atoms in total. The summed E-state index contributed by atoms with van der Waals surface area (Å²) in [5, 5.41) is 0.454. The molecule has 0 bridgehead atoms. The van der Waals surface area contributed by atoms with E-state index in [1.807, 2.05) is 18.0 Å². The van der Waals surface area contributed by atoms with Crippen LogP contribution in [0.5, 0.6) is 0 Å². The summed E-state index contributed by atoms with van der Waals surface area (Å²) in [6, 6.07) is 11.8. The Labute approximate surface area is 112 Å². The lowest BCUT2D eigenvalue weighted by Gasteiger charge is -2.20. The lowest BCUT2D eigenvalue weighted by Crippen LogP contribution is -2.19. The van der Waals surface area contributed by atoms with E-state index in [1.165, 1.54) is 11.1 Å². The van der Waals surface area contributed by atoms with Crippen LogP contribution >= 0.6 is 11.6 Å². The first-order valence-corrected chi connectivity index (χ1v) is 6.13. The van der Waals surface area contributed by atoms with Gasteiger partial charge in [0.05, 0.1) is 5.69 Å². The zero-order valence-corrected chi connectivity index (χ0v) is 11.3. The van der Waals surface area contributed by atoms with Gasteiger partial charge in [-0.2, -0.15) is 0 Å². The fourth-order valence-electron chi connectivity index (χ4n) is 1.90. The summed E-state index contributed by atoms with van der Waals surface area (Å²) in [6.07, 6.45) is 0. The largest absolute Gasteiger partial charge is 0.396 e. The van der Waals surface area contributed by atoms with Gasteiger partial charge in [0.2, 0.25) is 0 Å². The molecule has 0 fully saturated rings. The second kappa shape index (κ2) is 5.27. The van der Waals surface area contributed by atoms with Crippen molar-refractivity contribution in [3.05, 3.63) is 52.7 Å². The number of nitrogens with zero attached hydrogens (tertiary/aromatic N) is 2. The molecule has 0 radical (unpaired) electrons. The van der Waals surface area contributed by atoms with E-state index < -0.39 is 0 Å². The van der Waals surface area contributed by atoms with E-state index in [1.54, 1.807) is 12.1 Å². The number of anilines is 2. The number of hydrogen-bond donors (Lipinski definition) is 1. The van der Waals surface area contributed by atoms with E-state index in [0.29, 0.717) is 16.7 Å². The van der Waals surface area contributed by atoms with E-state index >= 15 is 0 Å². The van der Waals surface area contributed by atoms with Gasteiger partial charge in [-0.3, -0.25) is 0 Å². The van der Waals surface area contributed by atoms with Crippen LogP contribution in [0.2, 0.25) is 5.15 Å². The third-order valence-electron chi connectivity index (χ3n) is 2.74. The minimum Gasteiger partial charge on any atom is -0.396 e. The highest BCUT2D eigenvalue weighted by Crippen LogP contribution is 2.23. The summed E-state index contributed by atoms with van der Waals surface area (Å²) in [7, 11) is 1.96. The Morgan fingerprint density at radius 3 is 2.78 bits per heavy atom. The van der Waals surface area contributed by atoms with E-state index in [-0.39, 0.29) is 0 Å². The van der Waals surface area contributed by atoms with Gasteiger partial charge in [0, 0.05) is 13.6 Å². The van der Waals surface area contributed by atoms with Crippen LogP contribution in [0.4, 0.5) is 11.5 Å². The number of nitrogens with two attached hydrogens (primary N) is 1. The fraction of sp³-hybridized carbons (Fsp3) is 0.214. The first kappa shape index (κ1) is 12.7. The zero-order chi connectivity index (χ0) is 13.1. The summed E-state index contributed by atoms with van der Waals surface area (Å²) in [5.74, 6) is 0.712. The molecule has 2 rings (SSSR count). The molecule has 0 saturated heterocycles.